The van der Waals surface area contributed by atoms with E-state index in [0.717, 1.165) is 5.39 Å². The number of hydrogen-bond acceptors (Lipinski definition) is 5. The van der Waals surface area contributed by atoms with E-state index in [1.165, 1.54) is 0 Å². The molecule has 6 nitrogen and oxygen atoms in total. The van der Waals surface area contributed by atoms with Gasteiger partial charge in [0.2, 0.25) is 6.41 Å². The van der Waals surface area contributed by atoms with Gasteiger partial charge in [-0.15, -0.1) is 0 Å². The number of benzene rings is 2. The fourth-order valence-electron chi connectivity index (χ4n) is 2.70. The monoisotopic (exact) mass is 359 g/mol. The zero-order valence-electron chi connectivity index (χ0n) is 13.3. The molecule has 0 fully saturated rings. The zero-order chi connectivity index (χ0) is 17.9. The first-order chi connectivity index (χ1) is 12.0. The number of rotatable bonds is 7. The molecule has 0 unspecified atom stereocenters. The van der Waals surface area contributed by atoms with E-state index in [2.05, 4.69) is 0 Å². The molecular formula is C18H17NO5S. The summed E-state index contributed by atoms with van der Waals surface area (Å²) in [5.74, 6) is -0.398. The molecule has 7 heteroatoms. The molecule has 1 aromatic heterocycles. The van der Waals surface area contributed by atoms with Gasteiger partial charge in [-0.25, -0.2) is 13.5 Å². The highest BCUT2D eigenvalue weighted by Crippen LogP contribution is 2.24. The molecule has 1 N–H and O–H groups in total. The molecule has 0 spiro atoms. The molecule has 0 aliphatic heterocycles. The lowest BCUT2D eigenvalue weighted by Gasteiger charge is -2.22. The van der Waals surface area contributed by atoms with Crippen LogP contribution in [0.4, 0.5) is 0 Å². The standard InChI is InChI=1S/C18H17NO5S/c20-13-19(21)17(14-6-2-1-3-7-14)12-25(22,23)11-16-10-15-8-4-5-9-18(15)24-16/h1-10,13,17,21H,11-12H2/t17-/m1/s1. The molecular weight excluding hydrogens is 342 g/mol. The molecule has 3 aromatic rings. The second kappa shape index (κ2) is 7.08. The van der Waals surface area contributed by atoms with Crippen LogP contribution in [0.3, 0.4) is 0 Å². The highest BCUT2D eigenvalue weighted by Gasteiger charge is 2.26. The van der Waals surface area contributed by atoms with Gasteiger partial charge >= 0.3 is 0 Å². The van der Waals surface area contributed by atoms with E-state index in [1.807, 2.05) is 18.2 Å². The van der Waals surface area contributed by atoms with Crippen LogP contribution in [0.2, 0.25) is 0 Å². The summed E-state index contributed by atoms with van der Waals surface area (Å²) in [7, 11) is -3.64. The van der Waals surface area contributed by atoms with Crippen molar-refractivity contribution in [3.63, 3.8) is 0 Å². The fourth-order valence-corrected chi connectivity index (χ4v) is 4.22. The number of furan rings is 1. The maximum atomic E-state index is 12.6. The number of hydrogen-bond donors (Lipinski definition) is 1. The van der Waals surface area contributed by atoms with Crippen molar-refractivity contribution in [3.8, 4) is 0 Å². The minimum atomic E-state index is -3.64. The summed E-state index contributed by atoms with van der Waals surface area (Å²) in [5, 5.41) is 11.0. The first kappa shape index (κ1) is 17.2. The molecule has 2 aromatic carbocycles. The Balaban J connectivity index is 1.83. The fraction of sp³-hybridized carbons (Fsp3) is 0.167. The van der Waals surface area contributed by atoms with Crippen LogP contribution in [0.15, 0.2) is 65.1 Å². The number of carbonyl (C=O) groups is 1. The summed E-state index contributed by atoms with van der Waals surface area (Å²) in [5.41, 5.74) is 1.15. The maximum Gasteiger partial charge on any atom is 0.233 e. The van der Waals surface area contributed by atoms with Crippen LogP contribution >= 0.6 is 0 Å². The molecule has 0 saturated carbocycles. The SMILES string of the molecule is O=CN(O)[C@H](CS(=O)(=O)Cc1cc2ccccc2o1)c1ccccc1. The second-order valence-electron chi connectivity index (χ2n) is 5.72. The van der Waals surface area contributed by atoms with Gasteiger partial charge in [0.25, 0.3) is 0 Å². The zero-order valence-corrected chi connectivity index (χ0v) is 14.1. The van der Waals surface area contributed by atoms with Crippen molar-refractivity contribution in [3.05, 3.63) is 72.0 Å². The van der Waals surface area contributed by atoms with Gasteiger partial charge in [-0.1, -0.05) is 48.5 Å². The Hall–Kier alpha value is -2.64. The number of para-hydroxylation sites is 1. The topological polar surface area (TPSA) is 87.8 Å². The summed E-state index contributed by atoms with van der Waals surface area (Å²) in [4.78, 5) is 10.9. The van der Waals surface area contributed by atoms with E-state index < -0.39 is 21.6 Å². The average Bonchev–Trinajstić information content (AvgIpc) is 3.01. The van der Waals surface area contributed by atoms with Crippen molar-refractivity contribution in [2.75, 3.05) is 5.75 Å². The van der Waals surface area contributed by atoms with Crippen molar-refractivity contribution in [1.82, 2.24) is 5.06 Å². The molecule has 1 atom stereocenters. The Morgan fingerprint density at radius 1 is 1.08 bits per heavy atom. The predicted molar refractivity (Wildman–Crippen MR) is 92.6 cm³/mol. The lowest BCUT2D eigenvalue weighted by molar-refractivity contribution is -0.158. The van der Waals surface area contributed by atoms with Crippen LogP contribution in [-0.4, -0.2) is 30.9 Å². The third-order valence-corrected chi connectivity index (χ3v) is 5.41. The molecule has 0 aliphatic rings. The molecule has 130 valence electrons. The van der Waals surface area contributed by atoms with Crippen molar-refractivity contribution in [2.24, 2.45) is 0 Å². The smallest absolute Gasteiger partial charge is 0.233 e. The molecule has 3 rings (SSSR count). The van der Waals surface area contributed by atoms with Gasteiger partial charge in [-0.3, -0.25) is 10.0 Å². The predicted octanol–water partition coefficient (Wildman–Crippen LogP) is 2.94. The largest absolute Gasteiger partial charge is 0.460 e. The lowest BCUT2D eigenvalue weighted by atomic mass is 10.1. The maximum absolute atomic E-state index is 12.6. The second-order valence-corrected chi connectivity index (χ2v) is 7.83. The Kier molecular flexibility index (Phi) is 4.87. The molecule has 1 amide bonds. The number of fused-ring (bicyclic) bond motifs is 1. The van der Waals surface area contributed by atoms with Gasteiger partial charge in [-0.2, -0.15) is 0 Å². The minimum absolute atomic E-state index is 0.203. The highest BCUT2D eigenvalue weighted by atomic mass is 32.2. The third-order valence-electron chi connectivity index (χ3n) is 3.86. The number of hydroxylamine groups is 2. The van der Waals surface area contributed by atoms with Gasteiger partial charge < -0.3 is 4.42 Å². The summed E-state index contributed by atoms with van der Waals surface area (Å²) < 4.78 is 30.7. The molecule has 0 aliphatic carbocycles. The van der Waals surface area contributed by atoms with Crippen LogP contribution in [0, 0.1) is 0 Å². The summed E-state index contributed by atoms with van der Waals surface area (Å²) in [6, 6.07) is 16.5. The quantitative estimate of drug-likeness (QED) is 0.398. The Labute approximate surface area is 145 Å². The first-order valence-corrected chi connectivity index (χ1v) is 9.46. The van der Waals surface area contributed by atoms with Gasteiger partial charge in [0.05, 0.1) is 11.8 Å². The molecule has 0 radical (unpaired) electrons. The van der Waals surface area contributed by atoms with E-state index in [0.29, 0.717) is 22.0 Å². The van der Waals surface area contributed by atoms with Crippen molar-refractivity contribution < 1.29 is 22.8 Å². The summed E-state index contributed by atoms with van der Waals surface area (Å²) >= 11 is 0. The molecule has 0 bridgehead atoms. The molecule has 25 heavy (non-hydrogen) atoms. The normalized spacial score (nSPS) is 12.8. The number of sulfone groups is 1. The van der Waals surface area contributed by atoms with Gasteiger partial charge in [0, 0.05) is 5.39 Å². The Bertz CT molecular complexity index is 932. The van der Waals surface area contributed by atoms with E-state index >= 15 is 0 Å². The summed E-state index contributed by atoms with van der Waals surface area (Å²) in [6.45, 7) is 0. The van der Waals surface area contributed by atoms with E-state index in [4.69, 9.17) is 4.42 Å². The van der Waals surface area contributed by atoms with Gasteiger partial charge in [-0.05, 0) is 17.7 Å². The van der Waals surface area contributed by atoms with Crippen molar-refractivity contribution in [1.29, 1.82) is 0 Å². The Morgan fingerprint density at radius 2 is 1.76 bits per heavy atom. The van der Waals surface area contributed by atoms with Crippen LogP contribution in [0.25, 0.3) is 11.0 Å². The van der Waals surface area contributed by atoms with Crippen molar-refractivity contribution >= 4 is 27.2 Å². The number of amides is 1. The van der Waals surface area contributed by atoms with E-state index in [-0.39, 0.29) is 12.2 Å². The lowest BCUT2D eigenvalue weighted by Crippen LogP contribution is -2.30. The third kappa shape index (κ3) is 4.07. The van der Waals surface area contributed by atoms with E-state index in [1.54, 1.807) is 42.5 Å². The van der Waals surface area contributed by atoms with Crippen molar-refractivity contribution in [2.45, 2.75) is 11.8 Å². The number of nitrogens with zero attached hydrogens (tertiary/aromatic N) is 1. The molecule has 0 saturated heterocycles. The summed E-state index contributed by atoms with van der Waals surface area (Å²) in [6.07, 6.45) is 0.203. The van der Waals surface area contributed by atoms with Crippen LogP contribution in [0.1, 0.15) is 17.4 Å². The van der Waals surface area contributed by atoms with Crippen LogP contribution in [0.5, 0.6) is 0 Å². The van der Waals surface area contributed by atoms with Gasteiger partial charge in [0.15, 0.2) is 9.84 Å². The highest BCUT2D eigenvalue weighted by molar-refractivity contribution is 7.90. The van der Waals surface area contributed by atoms with Crippen LogP contribution < -0.4 is 0 Å². The Morgan fingerprint density at radius 3 is 2.44 bits per heavy atom. The first-order valence-electron chi connectivity index (χ1n) is 7.64. The van der Waals surface area contributed by atoms with E-state index in [9.17, 15) is 18.4 Å². The minimum Gasteiger partial charge on any atom is -0.460 e. The molecule has 1 heterocycles. The average molecular weight is 359 g/mol. The van der Waals surface area contributed by atoms with Gasteiger partial charge in [0.1, 0.15) is 17.1 Å². The van der Waals surface area contributed by atoms with Crippen LogP contribution in [-0.2, 0) is 20.4 Å². The number of carbonyl (C=O) groups excluding carboxylic acids is 1.